The second-order valence-corrected chi connectivity index (χ2v) is 6.63. The molecule has 1 aliphatic heterocycles. The normalized spacial score (nSPS) is 15.7. The standard InChI is InChI=1S/C20H26N4O/c1-16-4-2-3-5-19(16)23-20(25)22-18-9-14-24(15-10-18)13-8-17-6-11-21-12-7-17/h2-7,11-12,18H,8-10,13-15H2,1H3,(H2,22,23,25). The molecule has 0 bridgehead atoms. The number of hydrogen-bond acceptors (Lipinski definition) is 3. The molecular formula is C20H26N4O. The van der Waals surface area contributed by atoms with Gasteiger partial charge >= 0.3 is 6.03 Å². The van der Waals surface area contributed by atoms with Gasteiger partial charge in [0.25, 0.3) is 0 Å². The van der Waals surface area contributed by atoms with Crippen LogP contribution in [0.2, 0.25) is 0 Å². The van der Waals surface area contributed by atoms with E-state index in [9.17, 15) is 4.79 Å². The topological polar surface area (TPSA) is 57.3 Å². The average molecular weight is 338 g/mol. The summed E-state index contributed by atoms with van der Waals surface area (Å²) in [5.41, 5.74) is 3.27. The molecule has 3 rings (SSSR count). The van der Waals surface area contributed by atoms with E-state index < -0.39 is 0 Å². The Morgan fingerprint density at radius 2 is 1.88 bits per heavy atom. The van der Waals surface area contributed by atoms with E-state index in [0.29, 0.717) is 0 Å². The molecule has 2 aromatic rings. The van der Waals surface area contributed by atoms with Gasteiger partial charge in [0.05, 0.1) is 0 Å². The largest absolute Gasteiger partial charge is 0.335 e. The number of carbonyl (C=O) groups is 1. The number of amides is 2. The Labute approximate surface area is 149 Å². The van der Waals surface area contributed by atoms with Gasteiger partial charge in [-0.25, -0.2) is 4.79 Å². The Balaban J connectivity index is 1.39. The van der Waals surface area contributed by atoms with Gasteiger partial charge < -0.3 is 15.5 Å². The molecule has 0 saturated carbocycles. The van der Waals surface area contributed by atoms with E-state index in [4.69, 9.17) is 0 Å². The van der Waals surface area contributed by atoms with Gasteiger partial charge in [-0.3, -0.25) is 4.98 Å². The number of piperidine rings is 1. The summed E-state index contributed by atoms with van der Waals surface area (Å²) in [5.74, 6) is 0. The number of hydrogen-bond donors (Lipinski definition) is 2. The van der Waals surface area contributed by atoms with Gasteiger partial charge in [0, 0.05) is 43.8 Å². The first-order valence-corrected chi connectivity index (χ1v) is 8.95. The molecule has 0 radical (unpaired) electrons. The smallest absolute Gasteiger partial charge is 0.319 e. The molecule has 2 heterocycles. The number of carbonyl (C=O) groups excluding carboxylic acids is 1. The van der Waals surface area contributed by atoms with Crippen LogP contribution >= 0.6 is 0 Å². The van der Waals surface area contributed by atoms with Crippen LogP contribution in [0.15, 0.2) is 48.8 Å². The zero-order valence-electron chi connectivity index (χ0n) is 14.7. The van der Waals surface area contributed by atoms with Gasteiger partial charge in [0.15, 0.2) is 0 Å². The number of rotatable bonds is 5. The van der Waals surface area contributed by atoms with E-state index >= 15 is 0 Å². The first kappa shape index (κ1) is 17.4. The minimum absolute atomic E-state index is 0.107. The molecule has 0 atom stereocenters. The first-order chi connectivity index (χ1) is 12.2. The van der Waals surface area contributed by atoms with E-state index in [1.807, 2.05) is 43.6 Å². The third-order valence-corrected chi connectivity index (χ3v) is 4.78. The van der Waals surface area contributed by atoms with Crippen molar-refractivity contribution in [2.45, 2.75) is 32.2 Å². The van der Waals surface area contributed by atoms with Gasteiger partial charge in [0.1, 0.15) is 0 Å². The molecule has 1 saturated heterocycles. The number of anilines is 1. The summed E-state index contributed by atoms with van der Waals surface area (Å²) >= 11 is 0. The summed E-state index contributed by atoms with van der Waals surface area (Å²) in [7, 11) is 0. The van der Waals surface area contributed by atoms with Crippen molar-refractivity contribution in [2.24, 2.45) is 0 Å². The molecule has 1 fully saturated rings. The lowest BCUT2D eigenvalue weighted by molar-refractivity contribution is 0.197. The van der Waals surface area contributed by atoms with Crippen LogP contribution in [0.4, 0.5) is 10.5 Å². The Morgan fingerprint density at radius 1 is 1.16 bits per heavy atom. The van der Waals surface area contributed by atoms with E-state index in [0.717, 1.165) is 50.1 Å². The van der Waals surface area contributed by atoms with Crippen LogP contribution < -0.4 is 10.6 Å². The predicted octanol–water partition coefficient (Wildman–Crippen LogP) is 3.22. The van der Waals surface area contributed by atoms with E-state index in [1.54, 1.807) is 0 Å². The highest BCUT2D eigenvalue weighted by Gasteiger charge is 2.20. The predicted molar refractivity (Wildman–Crippen MR) is 101 cm³/mol. The summed E-state index contributed by atoms with van der Waals surface area (Å²) in [5, 5.41) is 6.05. The number of aryl methyl sites for hydroxylation is 1. The molecule has 1 aromatic heterocycles. The molecule has 2 N–H and O–H groups in total. The lowest BCUT2D eigenvalue weighted by Crippen LogP contribution is -2.46. The molecule has 132 valence electrons. The van der Waals surface area contributed by atoms with Crippen LogP contribution in [0.25, 0.3) is 0 Å². The van der Waals surface area contributed by atoms with Crippen LogP contribution in [-0.2, 0) is 6.42 Å². The molecule has 5 nitrogen and oxygen atoms in total. The molecule has 0 spiro atoms. The fraction of sp³-hybridized carbons (Fsp3) is 0.400. The zero-order valence-corrected chi connectivity index (χ0v) is 14.7. The van der Waals surface area contributed by atoms with Crippen molar-refractivity contribution in [1.29, 1.82) is 0 Å². The van der Waals surface area contributed by atoms with Crippen molar-refractivity contribution in [3.05, 3.63) is 59.9 Å². The molecule has 2 amide bonds. The van der Waals surface area contributed by atoms with Crippen LogP contribution in [0, 0.1) is 6.92 Å². The van der Waals surface area contributed by atoms with Crippen molar-refractivity contribution in [3.63, 3.8) is 0 Å². The van der Waals surface area contributed by atoms with Crippen molar-refractivity contribution < 1.29 is 4.79 Å². The summed E-state index contributed by atoms with van der Waals surface area (Å²) in [4.78, 5) is 18.7. The number of benzene rings is 1. The molecular weight excluding hydrogens is 312 g/mol. The van der Waals surface area contributed by atoms with Gasteiger partial charge in [0.2, 0.25) is 0 Å². The Morgan fingerprint density at radius 3 is 2.60 bits per heavy atom. The summed E-state index contributed by atoms with van der Waals surface area (Å²) in [6.07, 6.45) is 6.74. The van der Waals surface area contributed by atoms with Crippen LogP contribution in [0.3, 0.4) is 0 Å². The van der Waals surface area contributed by atoms with Crippen LogP contribution in [0.1, 0.15) is 24.0 Å². The van der Waals surface area contributed by atoms with Gasteiger partial charge in [-0.1, -0.05) is 18.2 Å². The summed E-state index contributed by atoms with van der Waals surface area (Å²) in [6.45, 7) is 5.11. The van der Waals surface area contributed by atoms with Crippen molar-refractivity contribution in [1.82, 2.24) is 15.2 Å². The molecule has 1 aliphatic rings. The van der Waals surface area contributed by atoms with E-state index in [-0.39, 0.29) is 12.1 Å². The van der Waals surface area contributed by atoms with Crippen molar-refractivity contribution in [2.75, 3.05) is 25.0 Å². The zero-order chi connectivity index (χ0) is 17.5. The van der Waals surface area contributed by atoms with Gasteiger partial charge in [-0.05, 0) is 55.5 Å². The minimum atomic E-state index is -0.107. The van der Waals surface area contributed by atoms with Crippen molar-refractivity contribution >= 4 is 11.7 Å². The molecule has 5 heteroatoms. The van der Waals surface area contributed by atoms with E-state index in [2.05, 4.69) is 32.7 Å². The Kier molecular flexibility index (Phi) is 6.01. The fourth-order valence-corrected chi connectivity index (χ4v) is 3.19. The molecule has 0 unspecified atom stereocenters. The van der Waals surface area contributed by atoms with Crippen molar-refractivity contribution in [3.8, 4) is 0 Å². The minimum Gasteiger partial charge on any atom is -0.335 e. The average Bonchev–Trinajstić information content (AvgIpc) is 2.64. The van der Waals surface area contributed by atoms with Gasteiger partial charge in [-0.15, -0.1) is 0 Å². The lowest BCUT2D eigenvalue weighted by atomic mass is 10.0. The number of urea groups is 1. The Hall–Kier alpha value is -2.40. The maximum absolute atomic E-state index is 12.2. The van der Waals surface area contributed by atoms with Crippen LogP contribution in [0.5, 0.6) is 0 Å². The third kappa shape index (κ3) is 5.29. The number of likely N-dealkylation sites (tertiary alicyclic amines) is 1. The maximum atomic E-state index is 12.2. The quantitative estimate of drug-likeness (QED) is 0.880. The monoisotopic (exact) mass is 338 g/mol. The van der Waals surface area contributed by atoms with Gasteiger partial charge in [-0.2, -0.15) is 0 Å². The number of nitrogens with zero attached hydrogens (tertiary/aromatic N) is 2. The number of nitrogens with one attached hydrogen (secondary N) is 2. The lowest BCUT2D eigenvalue weighted by Gasteiger charge is -2.32. The number of aromatic nitrogens is 1. The second-order valence-electron chi connectivity index (χ2n) is 6.63. The first-order valence-electron chi connectivity index (χ1n) is 8.95. The maximum Gasteiger partial charge on any atom is 0.319 e. The third-order valence-electron chi connectivity index (χ3n) is 4.78. The number of pyridine rings is 1. The highest BCUT2D eigenvalue weighted by molar-refractivity contribution is 5.90. The SMILES string of the molecule is Cc1ccccc1NC(=O)NC1CCN(CCc2ccncc2)CC1. The molecule has 1 aromatic carbocycles. The highest BCUT2D eigenvalue weighted by Crippen LogP contribution is 2.14. The molecule has 25 heavy (non-hydrogen) atoms. The second kappa shape index (κ2) is 8.62. The summed E-state index contributed by atoms with van der Waals surface area (Å²) < 4.78 is 0. The number of para-hydroxylation sites is 1. The highest BCUT2D eigenvalue weighted by atomic mass is 16.2. The fourth-order valence-electron chi connectivity index (χ4n) is 3.19. The molecule has 0 aliphatic carbocycles. The summed E-state index contributed by atoms with van der Waals surface area (Å²) in [6, 6.07) is 12.1. The van der Waals surface area contributed by atoms with E-state index in [1.165, 1.54) is 5.56 Å². The van der Waals surface area contributed by atoms with Crippen LogP contribution in [-0.4, -0.2) is 41.6 Å². The Bertz CT molecular complexity index is 681.